The van der Waals surface area contributed by atoms with Crippen LogP contribution in [0.2, 0.25) is 0 Å². The monoisotopic (exact) mass is 156 g/mol. The number of nitrogens with one attached hydrogen (secondary N) is 1. The van der Waals surface area contributed by atoms with Crippen LogP contribution in [0.15, 0.2) is 0 Å². The van der Waals surface area contributed by atoms with Crippen LogP contribution in [0.25, 0.3) is 0 Å². The zero-order valence-corrected chi connectivity index (χ0v) is 7.42. The van der Waals surface area contributed by atoms with Gasteiger partial charge in [0.1, 0.15) is 0 Å². The zero-order valence-electron chi connectivity index (χ0n) is 7.42. The molecule has 1 N–H and O–H groups in total. The molecule has 0 spiro atoms. The first-order valence-corrected chi connectivity index (χ1v) is 4.17. The molecule has 1 saturated heterocycles. The van der Waals surface area contributed by atoms with E-state index in [2.05, 4.69) is 19.2 Å². The van der Waals surface area contributed by atoms with Gasteiger partial charge in [0.15, 0.2) is 0 Å². The van der Waals surface area contributed by atoms with Crippen molar-refractivity contribution >= 4 is 6.03 Å². The molecule has 0 aromatic carbocycles. The van der Waals surface area contributed by atoms with Gasteiger partial charge in [0.2, 0.25) is 0 Å². The Morgan fingerprint density at radius 1 is 1.36 bits per heavy atom. The van der Waals surface area contributed by atoms with Gasteiger partial charge >= 0.3 is 6.03 Å². The SMILES string of the molecule is CNC(=O)N1C(C)CCC1C. The lowest BCUT2D eigenvalue weighted by Gasteiger charge is -2.25. The van der Waals surface area contributed by atoms with E-state index in [1.165, 1.54) is 0 Å². The van der Waals surface area contributed by atoms with Crippen molar-refractivity contribution in [1.82, 2.24) is 10.2 Å². The van der Waals surface area contributed by atoms with Crippen LogP contribution in [-0.4, -0.2) is 30.1 Å². The maximum absolute atomic E-state index is 11.2. The molecule has 1 rings (SSSR count). The number of likely N-dealkylation sites (tertiary alicyclic amines) is 1. The Labute approximate surface area is 67.8 Å². The fraction of sp³-hybridized carbons (Fsp3) is 0.875. The van der Waals surface area contributed by atoms with Crippen molar-refractivity contribution in [3.8, 4) is 0 Å². The Hall–Kier alpha value is -0.730. The molecular weight excluding hydrogens is 140 g/mol. The maximum Gasteiger partial charge on any atom is 0.317 e. The summed E-state index contributed by atoms with van der Waals surface area (Å²) in [5.41, 5.74) is 0. The van der Waals surface area contributed by atoms with E-state index in [0.29, 0.717) is 12.1 Å². The first-order valence-electron chi connectivity index (χ1n) is 4.17. The molecule has 0 saturated carbocycles. The Kier molecular flexibility index (Phi) is 2.37. The van der Waals surface area contributed by atoms with E-state index in [-0.39, 0.29) is 6.03 Å². The summed E-state index contributed by atoms with van der Waals surface area (Å²) in [5, 5.41) is 2.65. The molecular formula is C8H16N2O. The fourth-order valence-electron chi connectivity index (χ4n) is 1.72. The van der Waals surface area contributed by atoms with Crippen LogP contribution in [0.1, 0.15) is 26.7 Å². The Morgan fingerprint density at radius 2 is 1.82 bits per heavy atom. The summed E-state index contributed by atoms with van der Waals surface area (Å²) in [5.74, 6) is 0. The number of hydrogen-bond donors (Lipinski definition) is 1. The van der Waals surface area contributed by atoms with Crippen molar-refractivity contribution in [2.75, 3.05) is 7.05 Å². The second-order valence-corrected chi connectivity index (χ2v) is 3.24. The molecule has 2 unspecified atom stereocenters. The van der Waals surface area contributed by atoms with E-state index in [1.807, 2.05) is 4.90 Å². The summed E-state index contributed by atoms with van der Waals surface area (Å²) >= 11 is 0. The predicted molar refractivity (Wildman–Crippen MR) is 44.5 cm³/mol. The molecule has 0 aromatic heterocycles. The molecule has 1 aliphatic rings. The number of amides is 2. The van der Waals surface area contributed by atoms with Crippen LogP contribution in [0.5, 0.6) is 0 Å². The standard InChI is InChI=1S/C8H16N2O/c1-6-4-5-7(2)10(6)8(11)9-3/h6-7H,4-5H2,1-3H3,(H,9,11). The quantitative estimate of drug-likeness (QED) is 0.561. The highest BCUT2D eigenvalue weighted by molar-refractivity contribution is 5.74. The van der Waals surface area contributed by atoms with Crippen LogP contribution in [0, 0.1) is 0 Å². The summed E-state index contributed by atoms with van der Waals surface area (Å²) in [7, 11) is 1.68. The van der Waals surface area contributed by atoms with Crippen LogP contribution < -0.4 is 5.32 Å². The highest BCUT2D eigenvalue weighted by atomic mass is 16.2. The number of carbonyl (C=O) groups excluding carboxylic acids is 1. The first-order chi connectivity index (χ1) is 5.16. The van der Waals surface area contributed by atoms with Crippen LogP contribution in [-0.2, 0) is 0 Å². The normalized spacial score (nSPS) is 30.6. The molecule has 2 atom stereocenters. The number of rotatable bonds is 0. The number of nitrogens with zero attached hydrogens (tertiary/aromatic N) is 1. The molecule has 64 valence electrons. The minimum absolute atomic E-state index is 0.0579. The molecule has 3 heteroatoms. The third kappa shape index (κ3) is 1.47. The van der Waals surface area contributed by atoms with Gasteiger partial charge in [-0.15, -0.1) is 0 Å². The molecule has 11 heavy (non-hydrogen) atoms. The average Bonchev–Trinajstić information content (AvgIpc) is 2.30. The Balaban J connectivity index is 2.60. The molecule has 0 radical (unpaired) electrons. The largest absolute Gasteiger partial charge is 0.341 e. The van der Waals surface area contributed by atoms with E-state index in [1.54, 1.807) is 7.05 Å². The summed E-state index contributed by atoms with van der Waals surface area (Å²) < 4.78 is 0. The van der Waals surface area contributed by atoms with Gasteiger partial charge in [0, 0.05) is 19.1 Å². The van der Waals surface area contributed by atoms with E-state index >= 15 is 0 Å². The minimum Gasteiger partial charge on any atom is -0.341 e. The molecule has 2 amide bonds. The van der Waals surface area contributed by atoms with Crippen molar-refractivity contribution in [2.45, 2.75) is 38.8 Å². The highest BCUT2D eigenvalue weighted by Crippen LogP contribution is 2.22. The van der Waals surface area contributed by atoms with Gasteiger partial charge in [0.05, 0.1) is 0 Å². The zero-order chi connectivity index (χ0) is 8.43. The summed E-state index contributed by atoms with van der Waals surface area (Å²) in [6, 6.07) is 0.873. The van der Waals surface area contributed by atoms with E-state index in [9.17, 15) is 4.79 Å². The Morgan fingerprint density at radius 3 is 2.18 bits per heavy atom. The van der Waals surface area contributed by atoms with Gasteiger partial charge < -0.3 is 10.2 Å². The van der Waals surface area contributed by atoms with Crippen molar-refractivity contribution in [1.29, 1.82) is 0 Å². The lowest BCUT2D eigenvalue weighted by atomic mass is 10.2. The maximum atomic E-state index is 11.2. The van der Waals surface area contributed by atoms with Crippen molar-refractivity contribution in [3.05, 3.63) is 0 Å². The number of hydrogen-bond acceptors (Lipinski definition) is 1. The average molecular weight is 156 g/mol. The molecule has 0 aliphatic carbocycles. The van der Waals surface area contributed by atoms with Crippen LogP contribution in [0.4, 0.5) is 4.79 Å². The van der Waals surface area contributed by atoms with Crippen molar-refractivity contribution in [3.63, 3.8) is 0 Å². The molecule has 1 heterocycles. The summed E-state index contributed by atoms with van der Waals surface area (Å²) in [6.45, 7) is 4.19. The highest BCUT2D eigenvalue weighted by Gasteiger charge is 2.30. The van der Waals surface area contributed by atoms with E-state index in [4.69, 9.17) is 0 Å². The second kappa shape index (κ2) is 3.11. The summed E-state index contributed by atoms with van der Waals surface area (Å²) in [6.07, 6.45) is 2.27. The number of carbonyl (C=O) groups is 1. The molecule has 3 nitrogen and oxygen atoms in total. The third-order valence-electron chi connectivity index (χ3n) is 2.40. The smallest absolute Gasteiger partial charge is 0.317 e. The van der Waals surface area contributed by atoms with Gasteiger partial charge in [-0.25, -0.2) is 4.79 Å². The lowest BCUT2D eigenvalue weighted by molar-refractivity contribution is 0.182. The number of urea groups is 1. The lowest BCUT2D eigenvalue weighted by Crippen LogP contribution is -2.43. The molecule has 1 aliphatic heterocycles. The summed E-state index contributed by atoms with van der Waals surface area (Å²) in [4.78, 5) is 13.2. The Bertz CT molecular complexity index is 148. The van der Waals surface area contributed by atoms with Crippen LogP contribution in [0.3, 0.4) is 0 Å². The van der Waals surface area contributed by atoms with E-state index < -0.39 is 0 Å². The van der Waals surface area contributed by atoms with E-state index in [0.717, 1.165) is 12.8 Å². The fourth-order valence-corrected chi connectivity index (χ4v) is 1.72. The molecule has 0 aromatic rings. The predicted octanol–water partition coefficient (Wildman–Crippen LogP) is 1.20. The van der Waals surface area contributed by atoms with Gasteiger partial charge in [-0.1, -0.05) is 0 Å². The van der Waals surface area contributed by atoms with Crippen molar-refractivity contribution < 1.29 is 4.79 Å². The third-order valence-corrected chi connectivity index (χ3v) is 2.40. The van der Waals surface area contributed by atoms with Gasteiger partial charge in [0.25, 0.3) is 0 Å². The van der Waals surface area contributed by atoms with Gasteiger partial charge in [-0.2, -0.15) is 0 Å². The molecule has 0 bridgehead atoms. The topological polar surface area (TPSA) is 32.3 Å². The first kappa shape index (κ1) is 8.37. The molecule has 1 fully saturated rings. The van der Waals surface area contributed by atoms with Crippen molar-refractivity contribution in [2.24, 2.45) is 0 Å². The van der Waals surface area contributed by atoms with Crippen LogP contribution >= 0.6 is 0 Å². The minimum atomic E-state index is 0.0579. The van der Waals surface area contributed by atoms with Gasteiger partial charge in [-0.3, -0.25) is 0 Å². The second-order valence-electron chi connectivity index (χ2n) is 3.24. The van der Waals surface area contributed by atoms with Gasteiger partial charge in [-0.05, 0) is 26.7 Å².